The summed E-state index contributed by atoms with van der Waals surface area (Å²) in [7, 11) is 0. The highest BCUT2D eigenvalue weighted by Crippen LogP contribution is 2.22. The topological polar surface area (TPSA) is 49.3 Å². The maximum absolute atomic E-state index is 10.7. The molecule has 0 aromatic heterocycles. The van der Waals surface area contributed by atoms with Crippen molar-refractivity contribution >= 4 is 17.2 Å². The van der Waals surface area contributed by atoms with Crippen LogP contribution in [0.25, 0.3) is 5.57 Å². The number of nitrogens with one attached hydrogen (secondary N) is 1. The van der Waals surface area contributed by atoms with Gasteiger partial charge in [0.1, 0.15) is 0 Å². The van der Waals surface area contributed by atoms with Crippen LogP contribution in [0.15, 0.2) is 30.8 Å². The highest BCUT2D eigenvalue weighted by atomic mass is 16.4. The Bertz CT molecular complexity index is 358. The normalized spacial score (nSPS) is 9.50. The largest absolute Gasteiger partial charge is 0.478 e. The molecular formula is C11H13NO2. The van der Waals surface area contributed by atoms with E-state index in [0.29, 0.717) is 5.56 Å². The minimum Gasteiger partial charge on any atom is -0.478 e. The molecule has 0 atom stereocenters. The number of anilines is 1. The Morgan fingerprint density at radius 1 is 1.50 bits per heavy atom. The van der Waals surface area contributed by atoms with Crippen LogP contribution in [-0.4, -0.2) is 17.6 Å². The predicted molar refractivity (Wildman–Crippen MR) is 57.3 cm³/mol. The first-order valence-electron chi connectivity index (χ1n) is 4.42. The van der Waals surface area contributed by atoms with Crippen LogP contribution in [0.3, 0.4) is 0 Å². The lowest BCUT2D eigenvalue weighted by Gasteiger charge is -2.09. The SMILES string of the molecule is C=C(C(=O)O)c1ccccc1NCC. The number of hydrogen-bond donors (Lipinski definition) is 2. The molecule has 0 radical (unpaired) electrons. The minimum absolute atomic E-state index is 0.113. The first-order chi connectivity index (χ1) is 6.66. The monoisotopic (exact) mass is 191 g/mol. The minimum atomic E-state index is -0.990. The molecule has 0 aliphatic heterocycles. The Balaban J connectivity index is 3.06. The second-order valence-electron chi connectivity index (χ2n) is 2.86. The van der Waals surface area contributed by atoms with Gasteiger partial charge in [0.05, 0.1) is 5.57 Å². The van der Waals surface area contributed by atoms with Crippen LogP contribution < -0.4 is 5.32 Å². The van der Waals surface area contributed by atoms with Crippen LogP contribution in [0.4, 0.5) is 5.69 Å². The average Bonchev–Trinajstić information content (AvgIpc) is 2.18. The molecule has 0 aliphatic carbocycles. The van der Waals surface area contributed by atoms with E-state index in [-0.39, 0.29) is 5.57 Å². The maximum Gasteiger partial charge on any atom is 0.335 e. The summed E-state index contributed by atoms with van der Waals surface area (Å²) < 4.78 is 0. The molecule has 14 heavy (non-hydrogen) atoms. The third-order valence-corrected chi connectivity index (χ3v) is 1.88. The Hall–Kier alpha value is -1.77. The van der Waals surface area contributed by atoms with E-state index in [0.717, 1.165) is 12.2 Å². The first kappa shape index (κ1) is 10.3. The zero-order valence-corrected chi connectivity index (χ0v) is 8.08. The van der Waals surface area contributed by atoms with Crippen molar-refractivity contribution in [2.24, 2.45) is 0 Å². The molecular weight excluding hydrogens is 178 g/mol. The zero-order valence-electron chi connectivity index (χ0n) is 8.08. The number of benzene rings is 1. The number of rotatable bonds is 4. The molecule has 0 spiro atoms. The second-order valence-corrected chi connectivity index (χ2v) is 2.86. The van der Waals surface area contributed by atoms with Gasteiger partial charge in [-0.1, -0.05) is 24.8 Å². The Labute approximate surface area is 83.1 Å². The van der Waals surface area contributed by atoms with Gasteiger partial charge in [-0.2, -0.15) is 0 Å². The molecule has 3 heteroatoms. The van der Waals surface area contributed by atoms with Crippen molar-refractivity contribution in [3.8, 4) is 0 Å². The van der Waals surface area contributed by atoms with E-state index in [4.69, 9.17) is 5.11 Å². The quantitative estimate of drug-likeness (QED) is 0.717. The highest BCUT2D eigenvalue weighted by molar-refractivity contribution is 6.16. The smallest absolute Gasteiger partial charge is 0.335 e. The van der Waals surface area contributed by atoms with Crippen LogP contribution >= 0.6 is 0 Å². The van der Waals surface area contributed by atoms with Crippen LogP contribution in [-0.2, 0) is 4.79 Å². The maximum atomic E-state index is 10.7. The lowest BCUT2D eigenvalue weighted by atomic mass is 10.1. The molecule has 0 bridgehead atoms. The molecule has 3 nitrogen and oxygen atoms in total. The summed E-state index contributed by atoms with van der Waals surface area (Å²) >= 11 is 0. The molecule has 0 unspecified atom stereocenters. The number of carboxylic acid groups (broad SMARTS) is 1. The van der Waals surface area contributed by atoms with Crippen LogP contribution in [0.1, 0.15) is 12.5 Å². The molecule has 0 saturated carbocycles. The van der Waals surface area contributed by atoms with E-state index in [9.17, 15) is 4.79 Å². The molecule has 0 saturated heterocycles. The summed E-state index contributed by atoms with van der Waals surface area (Å²) in [4.78, 5) is 10.7. The lowest BCUT2D eigenvalue weighted by molar-refractivity contribution is -0.130. The molecule has 2 N–H and O–H groups in total. The van der Waals surface area contributed by atoms with Gasteiger partial charge in [0.2, 0.25) is 0 Å². The van der Waals surface area contributed by atoms with Crippen molar-refractivity contribution in [3.63, 3.8) is 0 Å². The number of hydrogen-bond acceptors (Lipinski definition) is 2. The molecule has 0 aliphatic rings. The second kappa shape index (κ2) is 4.46. The summed E-state index contributed by atoms with van der Waals surface area (Å²) in [5.74, 6) is -0.990. The van der Waals surface area contributed by atoms with Crippen molar-refractivity contribution in [2.45, 2.75) is 6.92 Å². The van der Waals surface area contributed by atoms with E-state index < -0.39 is 5.97 Å². The highest BCUT2D eigenvalue weighted by Gasteiger charge is 2.10. The van der Waals surface area contributed by atoms with Crippen molar-refractivity contribution < 1.29 is 9.90 Å². The third kappa shape index (κ3) is 2.13. The van der Waals surface area contributed by atoms with Crippen molar-refractivity contribution in [2.75, 3.05) is 11.9 Å². The molecule has 0 amide bonds. The summed E-state index contributed by atoms with van der Waals surface area (Å²) in [6.45, 7) is 6.24. The summed E-state index contributed by atoms with van der Waals surface area (Å²) in [6.07, 6.45) is 0. The Kier molecular flexibility index (Phi) is 3.29. The lowest BCUT2D eigenvalue weighted by Crippen LogP contribution is -2.04. The number of aliphatic carboxylic acids is 1. The first-order valence-corrected chi connectivity index (χ1v) is 4.42. The van der Waals surface area contributed by atoms with Crippen molar-refractivity contribution in [3.05, 3.63) is 36.4 Å². The molecule has 0 fully saturated rings. The standard InChI is InChI=1S/C11H13NO2/c1-3-12-10-7-5-4-6-9(10)8(2)11(13)14/h4-7,12H,2-3H2,1H3,(H,13,14). The van der Waals surface area contributed by atoms with E-state index in [2.05, 4.69) is 11.9 Å². The average molecular weight is 191 g/mol. The zero-order chi connectivity index (χ0) is 10.6. The molecule has 1 aromatic rings. The number of carboxylic acids is 1. The van der Waals surface area contributed by atoms with Gasteiger partial charge in [-0.15, -0.1) is 0 Å². The van der Waals surface area contributed by atoms with E-state index in [1.807, 2.05) is 19.1 Å². The number of carbonyl (C=O) groups is 1. The van der Waals surface area contributed by atoms with Gasteiger partial charge in [0, 0.05) is 17.8 Å². The fraction of sp³-hybridized carbons (Fsp3) is 0.182. The molecule has 74 valence electrons. The summed E-state index contributed by atoms with van der Waals surface area (Å²) in [5, 5.41) is 11.9. The van der Waals surface area contributed by atoms with Crippen molar-refractivity contribution in [1.82, 2.24) is 0 Å². The van der Waals surface area contributed by atoms with Crippen LogP contribution in [0.5, 0.6) is 0 Å². The van der Waals surface area contributed by atoms with Gasteiger partial charge < -0.3 is 10.4 Å². The van der Waals surface area contributed by atoms with Gasteiger partial charge in [0.25, 0.3) is 0 Å². The van der Waals surface area contributed by atoms with Crippen LogP contribution in [0.2, 0.25) is 0 Å². The summed E-state index contributed by atoms with van der Waals surface area (Å²) in [6, 6.07) is 7.24. The van der Waals surface area contributed by atoms with Gasteiger partial charge in [-0.3, -0.25) is 0 Å². The van der Waals surface area contributed by atoms with Gasteiger partial charge in [-0.05, 0) is 13.0 Å². The van der Waals surface area contributed by atoms with E-state index >= 15 is 0 Å². The summed E-state index contributed by atoms with van der Waals surface area (Å²) in [5.41, 5.74) is 1.56. The van der Waals surface area contributed by atoms with Crippen LogP contribution in [0, 0.1) is 0 Å². The molecule has 0 heterocycles. The fourth-order valence-electron chi connectivity index (χ4n) is 1.21. The molecule has 1 aromatic carbocycles. The Morgan fingerprint density at radius 2 is 2.14 bits per heavy atom. The Morgan fingerprint density at radius 3 is 2.71 bits per heavy atom. The van der Waals surface area contributed by atoms with Gasteiger partial charge in [-0.25, -0.2) is 4.79 Å². The van der Waals surface area contributed by atoms with Gasteiger partial charge in [0.15, 0.2) is 0 Å². The predicted octanol–water partition coefficient (Wildman–Crippen LogP) is 2.22. The molecule has 1 rings (SSSR count). The fourth-order valence-corrected chi connectivity index (χ4v) is 1.21. The number of para-hydroxylation sites is 1. The van der Waals surface area contributed by atoms with Gasteiger partial charge >= 0.3 is 5.97 Å². The van der Waals surface area contributed by atoms with E-state index in [1.165, 1.54) is 0 Å². The van der Waals surface area contributed by atoms with Crippen molar-refractivity contribution in [1.29, 1.82) is 0 Å². The van der Waals surface area contributed by atoms with E-state index in [1.54, 1.807) is 12.1 Å². The third-order valence-electron chi connectivity index (χ3n) is 1.88.